The zero-order valence-electron chi connectivity index (χ0n) is 16.8. The Bertz CT molecular complexity index is 1070. The molecule has 1 fully saturated rings. The molecule has 2 aliphatic heterocycles. The number of halogens is 2. The average Bonchev–Trinajstić information content (AvgIpc) is 3.11. The number of hydrogen-bond acceptors (Lipinski definition) is 6. The van der Waals surface area contributed by atoms with Crippen molar-refractivity contribution in [1.29, 1.82) is 0 Å². The Morgan fingerprint density at radius 2 is 1.71 bits per heavy atom. The Balaban J connectivity index is 1.62. The van der Waals surface area contributed by atoms with E-state index in [2.05, 4.69) is 20.8 Å². The third-order valence-electron chi connectivity index (χ3n) is 5.21. The topological polar surface area (TPSA) is 89.4 Å². The molecule has 8 nitrogen and oxygen atoms in total. The summed E-state index contributed by atoms with van der Waals surface area (Å²) in [6.45, 7) is 2.24. The Hall–Kier alpha value is -3.10. The molecule has 2 N–H and O–H groups in total. The first-order chi connectivity index (χ1) is 14.8. The molecule has 1 saturated heterocycles. The monoisotopic (exact) mass is 458 g/mol. The van der Waals surface area contributed by atoms with Gasteiger partial charge in [-0.3, -0.25) is 10.1 Å². The maximum atomic E-state index is 12.7. The zero-order chi connectivity index (χ0) is 22.1. The van der Waals surface area contributed by atoms with Crippen LogP contribution in [0.5, 0.6) is 0 Å². The summed E-state index contributed by atoms with van der Waals surface area (Å²) in [5.74, 6) is -0.00372. The van der Waals surface area contributed by atoms with E-state index in [1.165, 1.54) is 4.90 Å². The van der Waals surface area contributed by atoms with E-state index < -0.39 is 24.1 Å². The number of imide groups is 1. The molecule has 4 rings (SSSR count). The van der Waals surface area contributed by atoms with Crippen LogP contribution in [0, 0.1) is 0 Å². The van der Waals surface area contributed by atoms with Crippen molar-refractivity contribution < 1.29 is 9.59 Å². The minimum atomic E-state index is -0.674. The SMILES string of the molecule is C/C(=N/NC1=NC2C(C(=O)NC(=O)N2C)N1Cc1ccc(Cl)cc1)c1ccc(Cl)cc1. The number of nitrogens with zero attached hydrogens (tertiary/aromatic N) is 4. The highest BCUT2D eigenvalue weighted by molar-refractivity contribution is 6.30. The Kier molecular flexibility index (Phi) is 5.84. The van der Waals surface area contributed by atoms with Crippen LogP contribution in [0.2, 0.25) is 10.0 Å². The highest BCUT2D eigenvalue weighted by Crippen LogP contribution is 2.25. The molecule has 2 aromatic rings. The summed E-state index contributed by atoms with van der Waals surface area (Å²) >= 11 is 11.9. The lowest BCUT2D eigenvalue weighted by Gasteiger charge is -2.36. The first-order valence-electron chi connectivity index (χ1n) is 9.56. The second-order valence-corrected chi connectivity index (χ2v) is 8.16. The number of likely N-dealkylation sites (N-methyl/N-ethyl adjacent to an activating group) is 1. The molecule has 0 aliphatic carbocycles. The van der Waals surface area contributed by atoms with E-state index in [4.69, 9.17) is 23.2 Å². The smallest absolute Gasteiger partial charge is 0.321 e. The molecule has 31 heavy (non-hydrogen) atoms. The van der Waals surface area contributed by atoms with Gasteiger partial charge in [0, 0.05) is 23.6 Å². The number of hydrogen-bond donors (Lipinski definition) is 2. The summed E-state index contributed by atoms with van der Waals surface area (Å²) in [7, 11) is 1.61. The number of hydrazone groups is 1. The number of carbonyl (C=O) groups is 2. The zero-order valence-corrected chi connectivity index (χ0v) is 18.4. The molecule has 0 aromatic heterocycles. The molecule has 2 heterocycles. The van der Waals surface area contributed by atoms with Crippen LogP contribution in [0.1, 0.15) is 18.1 Å². The quantitative estimate of drug-likeness (QED) is 0.544. The van der Waals surface area contributed by atoms with Gasteiger partial charge in [-0.2, -0.15) is 5.10 Å². The Morgan fingerprint density at radius 1 is 1.10 bits per heavy atom. The van der Waals surface area contributed by atoms with Gasteiger partial charge < -0.3 is 9.80 Å². The summed E-state index contributed by atoms with van der Waals surface area (Å²) in [6, 6.07) is 13.5. The van der Waals surface area contributed by atoms with Crippen molar-refractivity contribution in [3.8, 4) is 0 Å². The fraction of sp³-hybridized carbons (Fsp3) is 0.238. The maximum Gasteiger partial charge on any atom is 0.325 e. The molecule has 0 saturated carbocycles. The second kappa shape index (κ2) is 8.56. The number of rotatable bonds is 4. The molecule has 3 amide bonds. The Labute approximate surface area is 189 Å². The second-order valence-electron chi connectivity index (χ2n) is 7.29. The third-order valence-corrected chi connectivity index (χ3v) is 5.72. The van der Waals surface area contributed by atoms with Crippen molar-refractivity contribution in [3.05, 3.63) is 69.7 Å². The lowest BCUT2D eigenvalue weighted by atomic mass is 10.1. The molecule has 2 atom stereocenters. The lowest BCUT2D eigenvalue weighted by Crippen LogP contribution is -2.63. The fourth-order valence-corrected chi connectivity index (χ4v) is 3.72. The molecular weight excluding hydrogens is 439 g/mol. The van der Waals surface area contributed by atoms with E-state index in [-0.39, 0.29) is 0 Å². The van der Waals surface area contributed by atoms with E-state index in [0.717, 1.165) is 16.8 Å². The predicted molar refractivity (Wildman–Crippen MR) is 120 cm³/mol. The van der Waals surface area contributed by atoms with Gasteiger partial charge in [-0.25, -0.2) is 15.2 Å². The molecule has 160 valence electrons. The van der Waals surface area contributed by atoms with Gasteiger partial charge in [0.1, 0.15) is 0 Å². The number of urea groups is 1. The van der Waals surface area contributed by atoms with Crippen molar-refractivity contribution >= 4 is 46.8 Å². The van der Waals surface area contributed by atoms with Crippen molar-refractivity contribution in [2.45, 2.75) is 25.7 Å². The number of amides is 3. The summed E-state index contributed by atoms with van der Waals surface area (Å²) < 4.78 is 0. The summed E-state index contributed by atoms with van der Waals surface area (Å²) in [5, 5.41) is 8.08. The van der Waals surface area contributed by atoms with Crippen LogP contribution in [0.3, 0.4) is 0 Å². The van der Waals surface area contributed by atoms with Crippen LogP contribution in [0.25, 0.3) is 0 Å². The van der Waals surface area contributed by atoms with Crippen LogP contribution in [-0.2, 0) is 11.3 Å². The summed E-state index contributed by atoms with van der Waals surface area (Å²) in [4.78, 5) is 32.5. The number of benzene rings is 2. The third kappa shape index (κ3) is 4.35. The molecule has 0 spiro atoms. The van der Waals surface area contributed by atoms with Crippen LogP contribution >= 0.6 is 23.2 Å². The molecule has 10 heteroatoms. The van der Waals surface area contributed by atoms with E-state index >= 15 is 0 Å². The van der Waals surface area contributed by atoms with E-state index in [1.54, 1.807) is 36.2 Å². The molecule has 0 bridgehead atoms. The van der Waals surface area contributed by atoms with Gasteiger partial charge in [0.05, 0.1) is 5.71 Å². The number of aliphatic imine (C=N–C) groups is 1. The van der Waals surface area contributed by atoms with Crippen molar-refractivity contribution in [2.75, 3.05) is 7.05 Å². The minimum Gasteiger partial charge on any atom is -0.321 e. The van der Waals surface area contributed by atoms with Crippen LogP contribution in [-0.4, -0.2) is 52.7 Å². The van der Waals surface area contributed by atoms with Crippen molar-refractivity contribution in [2.24, 2.45) is 10.1 Å². The maximum absolute atomic E-state index is 12.7. The normalized spacial score (nSPS) is 21.0. The predicted octanol–water partition coefficient (Wildman–Crippen LogP) is 3.06. The number of guanidine groups is 1. The molecule has 2 aliphatic rings. The minimum absolute atomic E-state index is 0.384. The molecule has 2 unspecified atom stereocenters. The summed E-state index contributed by atoms with van der Waals surface area (Å²) in [6.07, 6.45) is -0.651. The number of nitrogens with one attached hydrogen (secondary N) is 2. The highest BCUT2D eigenvalue weighted by Gasteiger charge is 2.48. The van der Waals surface area contributed by atoms with Crippen molar-refractivity contribution in [3.63, 3.8) is 0 Å². The van der Waals surface area contributed by atoms with Crippen molar-refractivity contribution in [1.82, 2.24) is 20.5 Å². The van der Waals surface area contributed by atoms with Gasteiger partial charge >= 0.3 is 6.03 Å². The molecule has 0 radical (unpaired) electrons. The largest absolute Gasteiger partial charge is 0.325 e. The van der Waals surface area contributed by atoms with Gasteiger partial charge in [0.2, 0.25) is 5.96 Å². The average molecular weight is 459 g/mol. The van der Waals surface area contributed by atoms with Crippen LogP contribution in [0.4, 0.5) is 4.79 Å². The highest BCUT2D eigenvalue weighted by atomic mass is 35.5. The Morgan fingerprint density at radius 3 is 2.35 bits per heavy atom. The first kappa shape index (κ1) is 21.1. The first-order valence-corrected chi connectivity index (χ1v) is 10.3. The van der Waals surface area contributed by atoms with E-state index in [0.29, 0.717) is 22.5 Å². The van der Waals surface area contributed by atoms with E-state index in [1.807, 2.05) is 31.2 Å². The molecule has 2 aromatic carbocycles. The van der Waals surface area contributed by atoms with Gasteiger partial charge in [0.25, 0.3) is 5.91 Å². The summed E-state index contributed by atoms with van der Waals surface area (Å²) in [5.41, 5.74) is 5.52. The standard InChI is InChI=1S/C21H20Cl2N6O2/c1-12(14-5-9-16(23)10-6-14)26-27-20-24-18-17(19(30)25-21(31)28(18)2)29(20)11-13-3-7-15(22)8-4-13/h3-10,17-18H,11H2,1-2H3,(H,24,27)(H,25,30,31)/b26-12-. The van der Waals surface area contributed by atoms with Gasteiger partial charge in [-0.05, 0) is 42.3 Å². The fourth-order valence-electron chi connectivity index (χ4n) is 3.47. The number of carbonyl (C=O) groups excluding carboxylic acids is 2. The van der Waals surface area contributed by atoms with Gasteiger partial charge in [-0.15, -0.1) is 0 Å². The van der Waals surface area contributed by atoms with Gasteiger partial charge in [0.15, 0.2) is 12.2 Å². The van der Waals surface area contributed by atoms with Crippen LogP contribution in [0.15, 0.2) is 58.6 Å². The van der Waals surface area contributed by atoms with Gasteiger partial charge in [-0.1, -0.05) is 47.5 Å². The molecular formula is C21H20Cl2N6O2. The number of fused-ring (bicyclic) bond motifs is 1. The lowest BCUT2D eigenvalue weighted by molar-refractivity contribution is -0.127. The van der Waals surface area contributed by atoms with E-state index in [9.17, 15) is 9.59 Å². The van der Waals surface area contributed by atoms with Crippen LogP contribution < -0.4 is 10.7 Å².